The Bertz CT molecular complexity index is 537. The van der Waals surface area contributed by atoms with Crippen LogP contribution in [0.25, 0.3) is 0 Å². The largest absolute Gasteiger partial charge is 0.460 e. The molecular weight excluding hydrogens is 362 g/mol. The lowest BCUT2D eigenvalue weighted by atomic mass is 10.0. The number of esters is 1. The number of alkyl halides is 2. The molecule has 0 aromatic rings. The molecule has 0 aliphatic carbocycles. The van der Waals surface area contributed by atoms with E-state index in [1.165, 1.54) is 0 Å². The van der Waals surface area contributed by atoms with Gasteiger partial charge in [-0.25, -0.2) is 13.6 Å². The van der Waals surface area contributed by atoms with Crippen LogP contribution in [0.4, 0.5) is 13.6 Å². The first-order valence-corrected chi connectivity index (χ1v) is 8.93. The highest BCUT2D eigenvalue weighted by Gasteiger charge is 2.40. The van der Waals surface area contributed by atoms with Gasteiger partial charge in [0, 0.05) is 19.4 Å². The zero-order valence-corrected chi connectivity index (χ0v) is 16.9. The number of hydrogen-bond donors (Lipinski definition) is 1. The van der Waals surface area contributed by atoms with Gasteiger partial charge in [-0.2, -0.15) is 0 Å². The van der Waals surface area contributed by atoms with Crippen molar-refractivity contribution in [2.75, 3.05) is 13.1 Å². The van der Waals surface area contributed by atoms with Gasteiger partial charge >= 0.3 is 12.1 Å². The van der Waals surface area contributed by atoms with Gasteiger partial charge in [-0.1, -0.05) is 0 Å². The Labute approximate surface area is 158 Å². The standard InChI is InChI=1S/C18H30F2N2O5/c1-16(2,3)26-14(24)9-12(21-15(25)27-17(4,5)6)10-22-11-18(19,20)8-7-13(22)23/h12H,7-11H2,1-6H3,(H,21,25). The second-order valence-electron chi connectivity index (χ2n) is 8.76. The fraction of sp³-hybridized carbons (Fsp3) is 0.833. The van der Waals surface area contributed by atoms with E-state index >= 15 is 0 Å². The SMILES string of the molecule is CC(C)(C)OC(=O)CC(CN1CC(F)(F)CCC1=O)NC(=O)OC(C)(C)C. The molecule has 1 unspecified atom stereocenters. The van der Waals surface area contributed by atoms with Gasteiger partial charge in [0.05, 0.1) is 19.0 Å². The van der Waals surface area contributed by atoms with E-state index in [0.717, 1.165) is 4.90 Å². The van der Waals surface area contributed by atoms with E-state index in [1.54, 1.807) is 41.5 Å². The molecule has 0 aromatic carbocycles. The molecule has 27 heavy (non-hydrogen) atoms. The maximum atomic E-state index is 13.7. The molecule has 1 heterocycles. The number of hydrogen-bond acceptors (Lipinski definition) is 5. The van der Waals surface area contributed by atoms with Crippen LogP contribution in [0.5, 0.6) is 0 Å². The van der Waals surface area contributed by atoms with Crippen molar-refractivity contribution in [3.63, 3.8) is 0 Å². The molecule has 1 saturated heterocycles. The van der Waals surface area contributed by atoms with Crippen LogP contribution in [0, 0.1) is 0 Å². The molecular formula is C18H30F2N2O5. The Morgan fingerprint density at radius 1 is 1.15 bits per heavy atom. The van der Waals surface area contributed by atoms with E-state index in [0.29, 0.717) is 0 Å². The number of halogens is 2. The third-order valence-electron chi connectivity index (χ3n) is 3.47. The topological polar surface area (TPSA) is 84.9 Å². The highest BCUT2D eigenvalue weighted by Crippen LogP contribution is 2.27. The molecule has 7 nitrogen and oxygen atoms in total. The highest BCUT2D eigenvalue weighted by atomic mass is 19.3. The number of carbonyl (C=O) groups excluding carboxylic acids is 3. The van der Waals surface area contributed by atoms with Crippen molar-refractivity contribution >= 4 is 18.0 Å². The summed E-state index contributed by atoms with van der Waals surface area (Å²) in [5, 5.41) is 2.48. The molecule has 0 radical (unpaired) electrons. The smallest absolute Gasteiger partial charge is 0.407 e. The van der Waals surface area contributed by atoms with Crippen molar-refractivity contribution < 1.29 is 32.6 Å². The minimum Gasteiger partial charge on any atom is -0.460 e. The van der Waals surface area contributed by atoms with E-state index in [-0.39, 0.29) is 19.4 Å². The zero-order valence-electron chi connectivity index (χ0n) is 16.9. The molecule has 156 valence electrons. The van der Waals surface area contributed by atoms with E-state index in [2.05, 4.69) is 5.32 Å². The fourth-order valence-corrected chi connectivity index (χ4v) is 2.55. The van der Waals surface area contributed by atoms with Crippen LogP contribution in [-0.2, 0) is 19.1 Å². The van der Waals surface area contributed by atoms with Crippen LogP contribution < -0.4 is 5.32 Å². The lowest BCUT2D eigenvalue weighted by molar-refractivity contribution is -0.156. The summed E-state index contributed by atoms with van der Waals surface area (Å²) in [6, 6.07) is -0.910. The normalized spacial score (nSPS) is 18.7. The number of rotatable bonds is 5. The van der Waals surface area contributed by atoms with Crippen LogP contribution >= 0.6 is 0 Å². The van der Waals surface area contributed by atoms with Crippen molar-refractivity contribution in [3.05, 3.63) is 0 Å². The summed E-state index contributed by atoms with van der Waals surface area (Å²) in [5.74, 6) is -4.04. The molecule has 1 N–H and O–H groups in total. The van der Waals surface area contributed by atoms with Gasteiger partial charge < -0.3 is 19.7 Å². The van der Waals surface area contributed by atoms with Crippen LogP contribution in [0.1, 0.15) is 60.8 Å². The Balaban J connectivity index is 2.84. The number of nitrogens with one attached hydrogen (secondary N) is 1. The number of alkyl carbamates (subject to hydrolysis) is 1. The van der Waals surface area contributed by atoms with E-state index in [1.807, 2.05) is 0 Å². The van der Waals surface area contributed by atoms with Crippen molar-refractivity contribution in [1.82, 2.24) is 10.2 Å². The minimum atomic E-state index is -2.99. The molecule has 1 aliphatic rings. The van der Waals surface area contributed by atoms with Crippen molar-refractivity contribution in [3.8, 4) is 0 Å². The Morgan fingerprint density at radius 2 is 1.70 bits per heavy atom. The number of piperidine rings is 1. The molecule has 9 heteroatoms. The number of likely N-dealkylation sites (tertiary alicyclic amines) is 1. The van der Waals surface area contributed by atoms with Crippen LogP contribution in [-0.4, -0.2) is 59.1 Å². The molecule has 1 aliphatic heterocycles. The minimum absolute atomic E-state index is 0.229. The third kappa shape index (κ3) is 9.53. The summed E-state index contributed by atoms with van der Waals surface area (Å²) in [7, 11) is 0. The van der Waals surface area contributed by atoms with Gasteiger partial charge in [0.15, 0.2) is 0 Å². The number of nitrogens with zero attached hydrogens (tertiary/aromatic N) is 1. The van der Waals surface area contributed by atoms with E-state index < -0.39 is 54.1 Å². The number of ether oxygens (including phenoxy) is 2. The van der Waals surface area contributed by atoms with Gasteiger partial charge in [0.25, 0.3) is 5.92 Å². The average molecular weight is 392 g/mol. The molecule has 1 fully saturated rings. The molecule has 1 atom stereocenters. The summed E-state index contributed by atoms with van der Waals surface area (Å²) in [4.78, 5) is 37.1. The first kappa shape index (κ1) is 23.1. The maximum Gasteiger partial charge on any atom is 0.407 e. The predicted molar refractivity (Wildman–Crippen MR) is 94.4 cm³/mol. The zero-order chi connectivity index (χ0) is 21.0. The van der Waals surface area contributed by atoms with Gasteiger partial charge in [-0.05, 0) is 41.5 Å². The molecule has 0 spiro atoms. The second-order valence-corrected chi connectivity index (χ2v) is 8.76. The number of carbonyl (C=O) groups is 3. The Morgan fingerprint density at radius 3 is 2.22 bits per heavy atom. The monoisotopic (exact) mass is 392 g/mol. The van der Waals surface area contributed by atoms with Crippen molar-refractivity contribution in [1.29, 1.82) is 0 Å². The van der Waals surface area contributed by atoms with Crippen LogP contribution in [0.15, 0.2) is 0 Å². The lowest BCUT2D eigenvalue weighted by Gasteiger charge is -2.35. The van der Waals surface area contributed by atoms with Crippen molar-refractivity contribution in [2.45, 2.75) is 84.0 Å². The summed E-state index contributed by atoms with van der Waals surface area (Å²) >= 11 is 0. The summed E-state index contributed by atoms with van der Waals surface area (Å²) in [6.07, 6.45) is -1.85. The van der Waals surface area contributed by atoms with Crippen LogP contribution in [0.2, 0.25) is 0 Å². The first-order valence-electron chi connectivity index (χ1n) is 8.93. The number of amides is 2. The quantitative estimate of drug-likeness (QED) is 0.727. The Hall–Kier alpha value is -1.93. The summed E-state index contributed by atoms with van der Waals surface area (Å²) in [6.45, 7) is 9.11. The molecule has 2 amide bonds. The third-order valence-corrected chi connectivity index (χ3v) is 3.47. The van der Waals surface area contributed by atoms with Gasteiger partial charge in [-0.15, -0.1) is 0 Å². The van der Waals surface area contributed by atoms with Crippen molar-refractivity contribution in [2.24, 2.45) is 0 Å². The lowest BCUT2D eigenvalue weighted by Crippen LogP contribution is -2.53. The van der Waals surface area contributed by atoms with Crippen LogP contribution in [0.3, 0.4) is 0 Å². The van der Waals surface area contributed by atoms with E-state index in [4.69, 9.17) is 9.47 Å². The Kier molecular flexibility index (Phi) is 7.18. The molecule has 0 bridgehead atoms. The van der Waals surface area contributed by atoms with Gasteiger partial charge in [0.1, 0.15) is 11.2 Å². The average Bonchev–Trinajstić information content (AvgIpc) is 2.38. The molecule has 0 aromatic heterocycles. The second kappa shape index (κ2) is 8.39. The first-order chi connectivity index (χ1) is 12.1. The maximum absolute atomic E-state index is 13.7. The summed E-state index contributed by atoms with van der Waals surface area (Å²) in [5.41, 5.74) is -1.50. The summed E-state index contributed by atoms with van der Waals surface area (Å²) < 4.78 is 37.7. The predicted octanol–water partition coefficient (Wildman–Crippen LogP) is 2.87. The fourth-order valence-electron chi connectivity index (χ4n) is 2.55. The molecule has 1 rings (SSSR count). The highest BCUT2D eigenvalue weighted by molar-refractivity contribution is 5.78. The molecule has 0 saturated carbocycles. The van der Waals surface area contributed by atoms with E-state index in [9.17, 15) is 23.2 Å². The van der Waals surface area contributed by atoms with Gasteiger partial charge in [0.2, 0.25) is 5.91 Å². The van der Waals surface area contributed by atoms with Gasteiger partial charge in [-0.3, -0.25) is 9.59 Å².